The summed E-state index contributed by atoms with van der Waals surface area (Å²) in [5.74, 6) is 0.162. The zero-order valence-electron chi connectivity index (χ0n) is 10.4. The summed E-state index contributed by atoms with van der Waals surface area (Å²) < 4.78 is 5.56. The predicted molar refractivity (Wildman–Crippen MR) is 75.4 cm³/mol. The van der Waals surface area contributed by atoms with Gasteiger partial charge >= 0.3 is 0 Å². The van der Waals surface area contributed by atoms with Gasteiger partial charge in [-0.3, -0.25) is 4.79 Å². The summed E-state index contributed by atoms with van der Waals surface area (Å²) in [5, 5.41) is 0.571. The molecule has 0 atom stereocenters. The van der Waals surface area contributed by atoms with Crippen molar-refractivity contribution >= 4 is 17.5 Å². The van der Waals surface area contributed by atoms with E-state index in [2.05, 4.69) is 6.07 Å². The van der Waals surface area contributed by atoms with E-state index in [1.54, 1.807) is 36.4 Å². The van der Waals surface area contributed by atoms with Crippen molar-refractivity contribution in [2.45, 2.75) is 6.92 Å². The number of carbonyl (C=O) groups excluding carboxylic acids is 1. The van der Waals surface area contributed by atoms with Crippen LogP contribution in [0.15, 0.2) is 36.4 Å². The van der Waals surface area contributed by atoms with E-state index in [-0.39, 0.29) is 0 Å². The summed E-state index contributed by atoms with van der Waals surface area (Å²) in [6, 6.07) is 13.2. The number of hydrogen-bond acceptors (Lipinski definition) is 2. The molecule has 3 nitrogen and oxygen atoms in total. The molecule has 4 heteroatoms. The Kier molecular flexibility index (Phi) is 4.07. The summed E-state index contributed by atoms with van der Waals surface area (Å²) in [7, 11) is 0. The van der Waals surface area contributed by atoms with E-state index < -0.39 is 5.91 Å². The van der Waals surface area contributed by atoms with Crippen LogP contribution in [0.5, 0.6) is 5.75 Å². The number of halogens is 1. The molecule has 2 rings (SSSR count). The molecule has 0 saturated carbocycles. The number of benzene rings is 2. The lowest BCUT2D eigenvalue weighted by Crippen LogP contribution is -2.12. The van der Waals surface area contributed by atoms with Crippen molar-refractivity contribution in [1.29, 1.82) is 0 Å². The average molecular weight is 275 g/mol. The van der Waals surface area contributed by atoms with Gasteiger partial charge in [-0.1, -0.05) is 23.7 Å². The van der Waals surface area contributed by atoms with Crippen LogP contribution in [0.25, 0.3) is 11.1 Å². The Labute approximate surface area is 117 Å². The molecule has 0 heterocycles. The van der Waals surface area contributed by atoms with Gasteiger partial charge in [0.25, 0.3) is 0 Å². The van der Waals surface area contributed by atoms with Crippen LogP contribution < -0.4 is 10.5 Å². The molecule has 0 aromatic heterocycles. The highest BCUT2D eigenvalue weighted by atomic mass is 35.5. The molecule has 0 saturated heterocycles. The molecule has 0 aliphatic carbocycles. The van der Waals surface area contributed by atoms with Crippen LogP contribution in [-0.2, 0) is 0 Å². The fourth-order valence-corrected chi connectivity index (χ4v) is 2.04. The van der Waals surface area contributed by atoms with Gasteiger partial charge in [0.05, 0.1) is 6.61 Å². The first-order chi connectivity index (χ1) is 9.13. The molecule has 97 valence electrons. The zero-order valence-corrected chi connectivity index (χ0v) is 11.2. The molecular weight excluding hydrogens is 262 g/mol. The average Bonchev–Trinajstić information content (AvgIpc) is 2.41. The number of carbonyl (C=O) groups is 1. The summed E-state index contributed by atoms with van der Waals surface area (Å²) in [5.41, 5.74) is 7.21. The summed E-state index contributed by atoms with van der Waals surface area (Å²) in [4.78, 5) is 11.5. The second kappa shape index (κ2) is 5.76. The lowest BCUT2D eigenvalue weighted by Gasteiger charge is -2.13. The van der Waals surface area contributed by atoms with Crippen molar-refractivity contribution in [3.05, 3.63) is 53.1 Å². The van der Waals surface area contributed by atoms with E-state index in [9.17, 15) is 4.79 Å². The van der Waals surface area contributed by atoms with Crippen LogP contribution in [0.4, 0.5) is 0 Å². The second-order valence-corrected chi connectivity index (χ2v) is 4.35. The van der Waals surface area contributed by atoms with Crippen molar-refractivity contribution in [2.75, 3.05) is 6.61 Å². The van der Waals surface area contributed by atoms with Crippen LogP contribution >= 0.6 is 11.6 Å². The number of ether oxygens (including phenoxy) is 1. The fourth-order valence-electron chi connectivity index (χ4n) is 1.86. The SMILES string of the molecule is CCOc1ccc(Cl)cc1-c1cc[c]cc1C(N)=O. The van der Waals surface area contributed by atoms with Crippen molar-refractivity contribution in [2.24, 2.45) is 5.73 Å². The van der Waals surface area contributed by atoms with Crippen LogP contribution in [0.2, 0.25) is 5.02 Å². The maximum Gasteiger partial charge on any atom is 0.249 e. The smallest absolute Gasteiger partial charge is 0.249 e. The maximum absolute atomic E-state index is 11.5. The number of nitrogens with two attached hydrogens (primary N) is 1. The zero-order chi connectivity index (χ0) is 13.8. The first-order valence-electron chi connectivity index (χ1n) is 5.86. The van der Waals surface area contributed by atoms with Gasteiger partial charge in [-0.25, -0.2) is 0 Å². The quantitative estimate of drug-likeness (QED) is 0.930. The van der Waals surface area contributed by atoms with Crippen molar-refractivity contribution in [1.82, 2.24) is 0 Å². The minimum atomic E-state index is -0.505. The molecule has 0 aliphatic heterocycles. The third-order valence-electron chi connectivity index (χ3n) is 2.66. The largest absolute Gasteiger partial charge is 0.493 e. The molecule has 0 fully saturated rings. The van der Waals surface area contributed by atoms with Crippen molar-refractivity contribution in [3.63, 3.8) is 0 Å². The highest BCUT2D eigenvalue weighted by Crippen LogP contribution is 2.34. The minimum absolute atomic E-state index is 0.394. The molecular formula is C15H13ClNO2. The molecule has 1 amide bonds. The normalized spacial score (nSPS) is 10.2. The highest BCUT2D eigenvalue weighted by molar-refractivity contribution is 6.31. The summed E-state index contributed by atoms with van der Waals surface area (Å²) >= 11 is 6.02. The Balaban J connectivity index is 2.64. The van der Waals surface area contributed by atoms with Gasteiger partial charge in [0.1, 0.15) is 5.75 Å². The van der Waals surface area contributed by atoms with Crippen LogP contribution in [0, 0.1) is 6.07 Å². The second-order valence-electron chi connectivity index (χ2n) is 3.91. The number of hydrogen-bond donors (Lipinski definition) is 1. The molecule has 2 N–H and O–H groups in total. The highest BCUT2D eigenvalue weighted by Gasteiger charge is 2.14. The van der Waals surface area contributed by atoms with E-state index in [1.807, 2.05) is 6.92 Å². The Hall–Kier alpha value is -2.00. The van der Waals surface area contributed by atoms with Gasteiger partial charge in [0.15, 0.2) is 0 Å². The topological polar surface area (TPSA) is 52.3 Å². The number of primary amides is 1. The number of amides is 1. The standard InChI is InChI=1S/C15H13ClNO2/c1-2-19-14-8-7-10(16)9-13(14)11-5-3-4-6-12(11)15(17)18/h3,5-9H,2H2,1H3,(H2,17,18). The lowest BCUT2D eigenvalue weighted by atomic mass is 9.98. The maximum atomic E-state index is 11.5. The van der Waals surface area contributed by atoms with Crippen LogP contribution in [0.3, 0.4) is 0 Å². The molecule has 2 aromatic rings. The third-order valence-corrected chi connectivity index (χ3v) is 2.90. The third kappa shape index (κ3) is 2.88. The fraction of sp³-hybridized carbons (Fsp3) is 0.133. The minimum Gasteiger partial charge on any atom is -0.493 e. The van der Waals surface area contributed by atoms with E-state index in [1.165, 1.54) is 0 Å². The monoisotopic (exact) mass is 274 g/mol. The first kappa shape index (κ1) is 13.4. The Bertz CT molecular complexity index is 611. The van der Waals surface area contributed by atoms with E-state index in [0.717, 1.165) is 5.56 Å². The van der Waals surface area contributed by atoms with Crippen molar-refractivity contribution < 1.29 is 9.53 Å². The van der Waals surface area contributed by atoms with Gasteiger partial charge in [-0.05, 0) is 42.8 Å². The lowest BCUT2D eigenvalue weighted by molar-refractivity contribution is 0.100. The summed E-state index contributed by atoms with van der Waals surface area (Å²) in [6.07, 6.45) is 0. The molecule has 19 heavy (non-hydrogen) atoms. The van der Waals surface area contributed by atoms with Gasteiger partial charge in [0.2, 0.25) is 5.91 Å². The molecule has 0 aliphatic rings. The first-order valence-corrected chi connectivity index (χ1v) is 6.24. The molecule has 1 radical (unpaired) electrons. The molecule has 0 bridgehead atoms. The summed E-state index contributed by atoms with van der Waals surface area (Å²) in [6.45, 7) is 2.42. The Morgan fingerprint density at radius 1 is 1.37 bits per heavy atom. The van der Waals surface area contributed by atoms with Gasteiger partial charge in [0, 0.05) is 16.1 Å². The van der Waals surface area contributed by atoms with Gasteiger partial charge in [-0.2, -0.15) is 0 Å². The Morgan fingerprint density at radius 3 is 2.84 bits per heavy atom. The number of rotatable bonds is 4. The molecule has 0 spiro atoms. The predicted octanol–water partition coefficient (Wildman–Crippen LogP) is 3.30. The van der Waals surface area contributed by atoms with Crippen LogP contribution in [-0.4, -0.2) is 12.5 Å². The van der Waals surface area contributed by atoms with E-state index >= 15 is 0 Å². The van der Waals surface area contributed by atoms with E-state index in [0.29, 0.717) is 28.5 Å². The van der Waals surface area contributed by atoms with Gasteiger partial charge < -0.3 is 10.5 Å². The van der Waals surface area contributed by atoms with Crippen LogP contribution in [0.1, 0.15) is 17.3 Å². The molecule has 2 aromatic carbocycles. The molecule has 0 unspecified atom stereocenters. The van der Waals surface area contributed by atoms with Gasteiger partial charge in [-0.15, -0.1) is 0 Å². The Morgan fingerprint density at radius 2 is 2.16 bits per heavy atom. The van der Waals surface area contributed by atoms with Crippen molar-refractivity contribution in [3.8, 4) is 16.9 Å². The van der Waals surface area contributed by atoms with E-state index in [4.69, 9.17) is 22.1 Å².